The van der Waals surface area contributed by atoms with Crippen molar-refractivity contribution in [3.63, 3.8) is 0 Å². The highest BCUT2D eigenvalue weighted by atomic mass is 19.4. The molecule has 0 aliphatic carbocycles. The molecule has 3 N–H and O–H groups in total. The summed E-state index contributed by atoms with van der Waals surface area (Å²) >= 11 is 0. The first-order valence-electron chi connectivity index (χ1n) is 8.66. The number of carbonyl (C=O) groups is 2. The van der Waals surface area contributed by atoms with Crippen molar-refractivity contribution in [2.45, 2.75) is 6.18 Å². The number of hydrogen-bond acceptors (Lipinski definition) is 3. The maximum Gasteiger partial charge on any atom is 0.416 e. The highest BCUT2D eigenvalue weighted by Crippen LogP contribution is 2.29. The lowest BCUT2D eigenvalue weighted by Crippen LogP contribution is -2.27. The molecule has 3 aromatic rings. The van der Waals surface area contributed by atoms with Crippen molar-refractivity contribution >= 4 is 28.4 Å². The van der Waals surface area contributed by atoms with E-state index < -0.39 is 17.6 Å². The minimum atomic E-state index is -4.46. The Morgan fingerprint density at radius 2 is 1.76 bits per heavy atom. The molecule has 152 valence electrons. The molecule has 0 bridgehead atoms. The van der Waals surface area contributed by atoms with Crippen LogP contribution in [0.1, 0.15) is 26.4 Å². The quantitative estimate of drug-likeness (QED) is 0.546. The third kappa shape index (κ3) is 4.94. The van der Waals surface area contributed by atoms with Gasteiger partial charge in [-0.2, -0.15) is 13.2 Å². The standard InChI is InChI=1S/C20H18F3N3O3/c1-29-9-8-24-19(28)17-11-13-10-15(6-7-16(13)26-17)25-18(27)12-2-4-14(5-3-12)20(21,22)23/h2-7,10-11,26H,8-9H2,1H3,(H,24,28)(H,25,27). The van der Waals surface area contributed by atoms with Gasteiger partial charge in [-0.1, -0.05) is 0 Å². The number of rotatable bonds is 6. The van der Waals surface area contributed by atoms with Crippen LogP contribution in [-0.4, -0.2) is 37.1 Å². The molecule has 0 spiro atoms. The lowest BCUT2D eigenvalue weighted by molar-refractivity contribution is -0.137. The summed E-state index contributed by atoms with van der Waals surface area (Å²) in [6, 6.07) is 10.6. The number of fused-ring (bicyclic) bond motifs is 1. The number of halogens is 3. The second-order valence-corrected chi connectivity index (χ2v) is 6.26. The highest BCUT2D eigenvalue weighted by molar-refractivity contribution is 6.05. The summed E-state index contributed by atoms with van der Waals surface area (Å²) in [6.07, 6.45) is -4.46. The van der Waals surface area contributed by atoms with Gasteiger partial charge < -0.3 is 20.4 Å². The van der Waals surface area contributed by atoms with E-state index in [4.69, 9.17) is 4.74 Å². The first-order chi connectivity index (χ1) is 13.8. The number of amides is 2. The Labute approximate surface area is 164 Å². The van der Waals surface area contributed by atoms with Gasteiger partial charge in [0.05, 0.1) is 12.2 Å². The van der Waals surface area contributed by atoms with Crippen molar-refractivity contribution < 1.29 is 27.5 Å². The number of methoxy groups -OCH3 is 1. The van der Waals surface area contributed by atoms with Gasteiger partial charge in [0.25, 0.3) is 11.8 Å². The molecule has 6 nitrogen and oxygen atoms in total. The Kier molecular flexibility index (Phi) is 5.88. The summed E-state index contributed by atoms with van der Waals surface area (Å²) in [5.74, 6) is -0.820. The third-order valence-corrected chi connectivity index (χ3v) is 4.19. The average Bonchev–Trinajstić information content (AvgIpc) is 3.11. The molecule has 2 aromatic carbocycles. The fourth-order valence-corrected chi connectivity index (χ4v) is 2.71. The van der Waals surface area contributed by atoms with Gasteiger partial charge in [-0.15, -0.1) is 0 Å². The Morgan fingerprint density at radius 1 is 1.03 bits per heavy atom. The minimum Gasteiger partial charge on any atom is -0.383 e. The number of nitrogens with one attached hydrogen (secondary N) is 3. The van der Waals surface area contributed by atoms with Gasteiger partial charge in [-0.25, -0.2) is 0 Å². The first-order valence-corrected chi connectivity index (χ1v) is 8.66. The van der Waals surface area contributed by atoms with Crippen molar-refractivity contribution in [2.75, 3.05) is 25.6 Å². The summed E-state index contributed by atoms with van der Waals surface area (Å²) in [5.41, 5.74) is 0.800. The molecule has 3 rings (SSSR count). The maximum atomic E-state index is 12.6. The van der Waals surface area contributed by atoms with Crippen molar-refractivity contribution in [2.24, 2.45) is 0 Å². The van der Waals surface area contributed by atoms with Crippen LogP contribution in [0.3, 0.4) is 0 Å². The number of ether oxygens (including phenoxy) is 1. The van der Waals surface area contributed by atoms with Gasteiger partial charge >= 0.3 is 6.18 Å². The number of benzene rings is 2. The molecule has 0 fully saturated rings. The SMILES string of the molecule is COCCNC(=O)c1cc2cc(NC(=O)c3ccc(C(F)(F)F)cc3)ccc2[nH]1. The van der Waals surface area contributed by atoms with Crippen LogP contribution in [0.15, 0.2) is 48.5 Å². The molecule has 1 aromatic heterocycles. The topological polar surface area (TPSA) is 83.2 Å². The Morgan fingerprint density at radius 3 is 2.41 bits per heavy atom. The minimum absolute atomic E-state index is 0.102. The van der Waals surface area contributed by atoms with E-state index >= 15 is 0 Å². The molecule has 0 radical (unpaired) electrons. The van der Waals surface area contributed by atoms with Crippen LogP contribution in [0.5, 0.6) is 0 Å². The molecule has 0 aliphatic rings. The molecule has 0 saturated carbocycles. The Bertz CT molecular complexity index is 1030. The van der Waals surface area contributed by atoms with Crippen LogP contribution in [0, 0.1) is 0 Å². The van der Waals surface area contributed by atoms with E-state index in [0.29, 0.717) is 35.4 Å². The molecule has 0 aliphatic heterocycles. The largest absolute Gasteiger partial charge is 0.416 e. The van der Waals surface area contributed by atoms with Crippen molar-refractivity contribution in [3.8, 4) is 0 Å². The van der Waals surface area contributed by atoms with Gasteiger partial charge in [0.1, 0.15) is 5.69 Å². The summed E-state index contributed by atoms with van der Waals surface area (Å²) in [6.45, 7) is 0.769. The van der Waals surface area contributed by atoms with E-state index in [0.717, 1.165) is 24.3 Å². The third-order valence-electron chi connectivity index (χ3n) is 4.19. The monoisotopic (exact) mass is 405 g/mol. The number of hydrogen-bond donors (Lipinski definition) is 3. The number of anilines is 1. The number of aromatic amines is 1. The molecule has 0 atom stereocenters. The van der Waals surface area contributed by atoms with E-state index in [1.54, 1.807) is 24.3 Å². The summed E-state index contributed by atoms with van der Waals surface area (Å²) in [5, 5.41) is 6.04. The van der Waals surface area contributed by atoms with Crippen LogP contribution in [0.25, 0.3) is 10.9 Å². The zero-order chi connectivity index (χ0) is 21.0. The highest BCUT2D eigenvalue weighted by Gasteiger charge is 2.30. The van der Waals surface area contributed by atoms with Crippen LogP contribution in [-0.2, 0) is 10.9 Å². The zero-order valence-electron chi connectivity index (χ0n) is 15.4. The first kappa shape index (κ1) is 20.4. The fourth-order valence-electron chi connectivity index (χ4n) is 2.71. The van der Waals surface area contributed by atoms with E-state index in [1.165, 1.54) is 7.11 Å². The molecule has 1 heterocycles. The molecule has 29 heavy (non-hydrogen) atoms. The average molecular weight is 405 g/mol. The van der Waals surface area contributed by atoms with E-state index in [9.17, 15) is 22.8 Å². The summed E-state index contributed by atoms with van der Waals surface area (Å²) in [4.78, 5) is 27.4. The predicted octanol–water partition coefficient (Wildman–Crippen LogP) is 3.82. The fraction of sp³-hybridized carbons (Fsp3) is 0.200. The molecule has 0 saturated heterocycles. The number of carbonyl (C=O) groups excluding carboxylic acids is 2. The molecular formula is C20H18F3N3O3. The van der Waals surface area contributed by atoms with Gasteiger partial charge in [0, 0.05) is 35.8 Å². The Hall–Kier alpha value is -3.33. The molecule has 0 unspecified atom stereocenters. The van der Waals surface area contributed by atoms with Crippen molar-refractivity contribution in [1.29, 1.82) is 0 Å². The zero-order valence-corrected chi connectivity index (χ0v) is 15.4. The van der Waals surface area contributed by atoms with E-state index in [-0.39, 0.29) is 11.5 Å². The van der Waals surface area contributed by atoms with Gasteiger partial charge in [-0.3, -0.25) is 9.59 Å². The van der Waals surface area contributed by atoms with Gasteiger partial charge in [0.15, 0.2) is 0 Å². The predicted molar refractivity (Wildman–Crippen MR) is 102 cm³/mol. The number of H-pyrrole nitrogens is 1. The Balaban J connectivity index is 1.71. The van der Waals surface area contributed by atoms with Crippen LogP contribution < -0.4 is 10.6 Å². The van der Waals surface area contributed by atoms with Crippen molar-refractivity contribution in [3.05, 3.63) is 65.4 Å². The van der Waals surface area contributed by atoms with E-state index in [2.05, 4.69) is 15.6 Å². The normalized spacial score (nSPS) is 11.4. The summed E-state index contributed by atoms with van der Waals surface area (Å²) in [7, 11) is 1.54. The molecule has 2 amide bonds. The van der Waals surface area contributed by atoms with Crippen LogP contribution >= 0.6 is 0 Å². The molecule has 9 heteroatoms. The van der Waals surface area contributed by atoms with Gasteiger partial charge in [0.2, 0.25) is 0 Å². The van der Waals surface area contributed by atoms with Crippen molar-refractivity contribution in [1.82, 2.24) is 10.3 Å². The summed E-state index contributed by atoms with van der Waals surface area (Å²) < 4.78 is 42.7. The van der Waals surface area contributed by atoms with E-state index in [1.807, 2.05) is 0 Å². The second kappa shape index (κ2) is 8.36. The lowest BCUT2D eigenvalue weighted by atomic mass is 10.1. The number of alkyl halides is 3. The van der Waals surface area contributed by atoms with Crippen LogP contribution in [0.2, 0.25) is 0 Å². The van der Waals surface area contributed by atoms with Gasteiger partial charge in [-0.05, 0) is 48.5 Å². The molecular weight excluding hydrogens is 387 g/mol. The maximum absolute atomic E-state index is 12.6. The lowest BCUT2D eigenvalue weighted by Gasteiger charge is -2.08. The van der Waals surface area contributed by atoms with Crippen LogP contribution in [0.4, 0.5) is 18.9 Å². The second-order valence-electron chi connectivity index (χ2n) is 6.26. The number of aromatic nitrogens is 1. The smallest absolute Gasteiger partial charge is 0.383 e.